The van der Waals surface area contributed by atoms with Gasteiger partial charge >= 0.3 is 0 Å². The SMILES string of the molecule is CCn1c(C)c(CC2CN(C)CCC2O)c2ccccc21. The van der Waals surface area contributed by atoms with E-state index in [2.05, 4.69) is 54.6 Å². The van der Waals surface area contributed by atoms with Crippen LogP contribution in [0.3, 0.4) is 0 Å². The molecule has 3 heteroatoms. The molecule has 21 heavy (non-hydrogen) atoms. The van der Waals surface area contributed by atoms with Crippen LogP contribution >= 0.6 is 0 Å². The highest BCUT2D eigenvalue weighted by molar-refractivity contribution is 5.85. The maximum atomic E-state index is 10.3. The van der Waals surface area contributed by atoms with E-state index in [1.54, 1.807) is 0 Å². The summed E-state index contributed by atoms with van der Waals surface area (Å²) in [7, 11) is 2.15. The number of likely N-dealkylation sites (tertiary alicyclic amines) is 1. The molecule has 2 atom stereocenters. The first-order chi connectivity index (χ1) is 10.1. The number of fused-ring (bicyclic) bond motifs is 1. The summed E-state index contributed by atoms with van der Waals surface area (Å²) in [4.78, 5) is 2.34. The normalized spacial score (nSPS) is 23.8. The molecule has 0 saturated carbocycles. The van der Waals surface area contributed by atoms with Crippen LogP contribution in [-0.4, -0.2) is 40.8 Å². The van der Waals surface area contributed by atoms with Crippen molar-refractivity contribution >= 4 is 10.9 Å². The Kier molecular flexibility index (Phi) is 4.05. The first kappa shape index (κ1) is 14.6. The van der Waals surface area contributed by atoms with Crippen molar-refractivity contribution in [2.45, 2.75) is 39.3 Å². The van der Waals surface area contributed by atoms with Gasteiger partial charge in [-0.25, -0.2) is 0 Å². The molecular formula is C18H26N2O. The zero-order valence-corrected chi connectivity index (χ0v) is 13.3. The van der Waals surface area contributed by atoms with Crippen molar-refractivity contribution in [2.24, 2.45) is 5.92 Å². The molecule has 2 heterocycles. The Morgan fingerprint density at radius 2 is 2.05 bits per heavy atom. The Labute approximate surface area is 127 Å². The van der Waals surface area contributed by atoms with Gasteiger partial charge in [0.05, 0.1) is 6.10 Å². The monoisotopic (exact) mass is 286 g/mol. The predicted octanol–water partition coefficient (Wildman–Crippen LogP) is 2.82. The number of benzene rings is 1. The molecule has 2 unspecified atom stereocenters. The van der Waals surface area contributed by atoms with E-state index in [-0.39, 0.29) is 6.10 Å². The van der Waals surface area contributed by atoms with E-state index in [9.17, 15) is 5.11 Å². The minimum Gasteiger partial charge on any atom is -0.393 e. The quantitative estimate of drug-likeness (QED) is 0.940. The zero-order chi connectivity index (χ0) is 15.0. The fourth-order valence-corrected chi connectivity index (χ4v) is 3.83. The molecule has 1 N–H and O–H groups in total. The second kappa shape index (κ2) is 5.82. The Balaban J connectivity index is 1.98. The summed E-state index contributed by atoms with van der Waals surface area (Å²) in [6, 6.07) is 8.66. The van der Waals surface area contributed by atoms with Crippen LogP contribution in [0.2, 0.25) is 0 Å². The summed E-state index contributed by atoms with van der Waals surface area (Å²) < 4.78 is 2.39. The third-order valence-electron chi connectivity index (χ3n) is 5.04. The summed E-state index contributed by atoms with van der Waals surface area (Å²) in [5, 5.41) is 11.7. The third-order valence-corrected chi connectivity index (χ3v) is 5.04. The molecule has 0 bridgehead atoms. The largest absolute Gasteiger partial charge is 0.393 e. The summed E-state index contributed by atoms with van der Waals surface area (Å²) in [6.45, 7) is 7.42. The summed E-state index contributed by atoms with van der Waals surface area (Å²) in [5.74, 6) is 0.346. The van der Waals surface area contributed by atoms with E-state index in [1.165, 1.54) is 22.2 Å². The fourth-order valence-electron chi connectivity index (χ4n) is 3.83. The van der Waals surface area contributed by atoms with Gasteiger partial charge in [0.2, 0.25) is 0 Å². The fraction of sp³-hybridized carbons (Fsp3) is 0.556. The lowest BCUT2D eigenvalue weighted by Gasteiger charge is -2.34. The number of piperidine rings is 1. The van der Waals surface area contributed by atoms with Crippen molar-refractivity contribution in [1.82, 2.24) is 9.47 Å². The predicted molar refractivity (Wildman–Crippen MR) is 87.7 cm³/mol. The summed E-state index contributed by atoms with van der Waals surface area (Å²) >= 11 is 0. The number of aryl methyl sites for hydroxylation is 1. The van der Waals surface area contributed by atoms with Gasteiger partial charge in [-0.05, 0) is 45.4 Å². The Morgan fingerprint density at radius 1 is 1.29 bits per heavy atom. The standard InChI is InChI=1S/C18H26N2O/c1-4-20-13(2)16(15-7-5-6-8-17(15)20)11-14-12-19(3)10-9-18(14)21/h5-8,14,18,21H,4,9-12H2,1-3H3. The maximum Gasteiger partial charge on any atom is 0.0596 e. The molecule has 1 aromatic carbocycles. The van der Waals surface area contributed by atoms with Crippen LogP contribution in [0.15, 0.2) is 24.3 Å². The van der Waals surface area contributed by atoms with Gasteiger partial charge in [0, 0.05) is 42.1 Å². The highest BCUT2D eigenvalue weighted by Crippen LogP contribution is 2.30. The van der Waals surface area contributed by atoms with Gasteiger partial charge in [-0.1, -0.05) is 18.2 Å². The third kappa shape index (κ3) is 2.60. The van der Waals surface area contributed by atoms with Crippen molar-refractivity contribution < 1.29 is 5.11 Å². The number of nitrogens with zero attached hydrogens (tertiary/aromatic N) is 2. The van der Waals surface area contributed by atoms with Crippen LogP contribution in [0.1, 0.15) is 24.6 Å². The number of rotatable bonds is 3. The summed E-state index contributed by atoms with van der Waals surface area (Å²) in [6.07, 6.45) is 1.71. The molecule has 1 aromatic heterocycles. The van der Waals surface area contributed by atoms with Gasteiger partial charge in [-0.3, -0.25) is 0 Å². The average Bonchev–Trinajstić information content (AvgIpc) is 2.75. The minimum absolute atomic E-state index is 0.163. The molecule has 0 aliphatic carbocycles. The van der Waals surface area contributed by atoms with Crippen LogP contribution in [0.25, 0.3) is 10.9 Å². The van der Waals surface area contributed by atoms with Crippen LogP contribution in [-0.2, 0) is 13.0 Å². The Morgan fingerprint density at radius 3 is 2.81 bits per heavy atom. The molecule has 3 nitrogen and oxygen atoms in total. The topological polar surface area (TPSA) is 28.4 Å². The van der Waals surface area contributed by atoms with E-state index < -0.39 is 0 Å². The lowest BCUT2D eigenvalue weighted by molar-refractivity contribution is 0.0367. The van der Waals surface area contributed by atoms with Crippen molar-refractivity contribution in [3.05, 3.63) is 35.5 Å². The van der Waals surface area contributed by atoms with Gasteiger partial charge in [-0.15, -0.1) is 0 Å². The van der Waals surface area contributed by atoms with E-state index in [0.717, 1.165) is 32.5 Å². The molecule has 114 valence electrons. The second-order valence-electron chi connectivity index (χ2n) is 6.41. The van der Waals surface area contributed by atoms with Gasteiger partial charge in [0.15, 0.2) is 0 Å². The Hall–Kier alpha value is -1.32. The zero-order valence-electron chi connectivity index (χ0n) is 13.3. The van der Waals surface area contributed by atoms with Crippen LogP contribution in [0, 0.1) is 12.8 Å². The molecule has 0 spiro atoms. The van der Waals surface area contributed by atoms with Crippen molar-refractivity contribution in [1.29, 1.82) is 0 Å². The van der Waals surface area contributed by atoms with E-state index in [4.69, 9.17) is 0 Å². The van der Waals surface area contributed by atoms with Gasteiger partial charge in [0.25, 0.3) is 0 Å². The number of aliphatic hydroxyl groups excluding tert-OH is 1. The lowest BCUT2D eigenvalue weighted by Crippen LogP contribution is -2.42. The molecule has 0 radical (unpaired) electrons. The van der Waals surface area contributed by atoms with Crippen LogP contribution < -0.4 is 0 Å². The van der Waals surface area contributed by atoms with Crippen molar-refractivity contribution in [3.8, 4) is 0 Å². The van der Waals surface area contributed by atoms with Crippen molar-refractivity contribution in [3.63, 3.8) is 0 Å². The lowest BCUT2D eigenvalue weighted by atomic mass is 9.88. The van der Waals surface area contributed by atoms with E-state index in [0.29, 0.717) is 5.92 Å². The number of aliphatic hydroxyl groups is 1. The molecule has 0 amide bonds. The van der Waals surface area contributed by atoms with E-state index in [1.807, 2.05) is 0 Å². The maximum absolute atomic E-state index is 10.3. The molecule has 1 aliphatic rings. The number of aromatic nitrogens is 1. The molecule has 1 saturated heterocycles. The molecule has 1 fully saturated rings. The van der Waals surface area contributed by atoms with Gasteiger partial charge in [0.1, 0.15) is 0 Å². The first-order valence-corrected chi connectivity index (χ1v) is 8.05. The smallest absolute Gasteiger partial charge is 0.0596 e. The summed E-state index contributed by atoms with van der Waals surface area (Å²) in [5.41, 5.74) is 4.11. The average molecular weight is 286 g/mol. The van der Waals surface area contributed by atoms with Crippen molar-refractivity contribution in [2.75, 3.05) is 20.1 Å². The minimum atomic E-state index is -0.163. The molecular weight excluding hydrogens is 260 g/mol. The van der Waals surface area contributed by atoms with E-state index >= 15 is 0 Å². The highest BCUT2D eigenvalue weighted by Gasteiger charge is 2.28. The molecule has 2 aromatic rings. The highest BCUT2D eigenvalue weighted by atomic mass is 16.3. The van der Waals surface area contributed by atoms with Gasteiger partial charge in [-0.2, -0.15) is 0 Å². The van der Waals surface area contributed by atoms with Gasteiger partial charge < -0.3 is 14.6 Å². The first-order valence-electron chi connectivity index (χ1n) is 8.05. The molecule has 1 aliphatic heterocycles. The number of hydrogen-bond acceptors (Lipinski definition) is 2. The van der Waals surface area contributed by atoms with Crippen LogP contribution in [0.5, 0.6) is 0 Å². The molecule has 3 rings (SSSR count). The Bertz CT molecular complexity index is 631. The van der Waals surface area contributed by atoms with Crippen LogP contribution in [0.4, 0.5) is 0 Å². The number of hydrogen-bond donors (Lipinski definition) is 1. The second-order valence-corrected chi connectivity index (χ2v) is 6.41. The number of para-hydroxylation sites is 1.